The fourth-order valence-electron chi connectivity index (χ4n) is 2.93. The Morgan fingerprint density at radius 1 is 1.48 bits per heavy atom. The van der Waals surface area contributed by atoms with E-state index in [0.29, 0.717) is 13.2 Å². The second-order valence-electron chi connectivity index (χ2n) is 5.71. The molecule has 2 unspecified atom stereocenters. The first-order valence-electron chi connectivity index (χ1n) is 6.93. The summed E-state index contributed by atoms with van der Waals surface area (Å²) in [5, 5.41) is 6.16. The van der Waals surface area contributed by atoms with E-state index in [1.54, 1.807) is 0 Å². The van der Waals surface area contributed by atoms with Gasteiger partial charge in [0.05, 0.1) is 12.7 Å². The molecule has 116 valence electrons. The van der Waals surface area contributed by atoms with Crippen LogP contribution in [0, 0.1) is 5.41 Å². The first-order valence-corrected chi connectivity index (χ1v) is 6.93. The van der Waals surface area contributed by atoms with Gasteiger partial charge in [0, 0.05) is 24.7 Å². The zero-order chi connectivity index (χ0) is 14.9. The summed E-state index contributed by atoms with van der Waals surface area (Å²) in [6.07, 6.45) is -1.36. The van der Waals surface area contributed by atoms with E-state index >= 15 is 0 Å². The van der Waals surface area contributed by atoms with Crippen LogP contribution in [0.15, 0.2) is 12.3 Å². The lowest BCUT2D eigenvalue weighted by molar-refractivity contribution is -0.141. The summed E-state index contributed by atoms with van der Waals surface area (Å²) in [7, 11) is 0. The van der Waals surface area contributed by atoms with E-state index in [-0.39, 0.29) is 17.5 Å². The van der Waals surface area contributed by atoms with E-state index in [2.05, 4.69) is 20.6 Å². The van der Waals surface area contributed by atoms with Crippen molar-refractivity contribution in [2.45, 2.75) is 25.1 Å². The number of halogens is 3. The van der Waals surface area contributed by atoms with Crippen molar-refractivity contribution in [3.63, 3.8) is 0 Å². The Kier molecular flexibility index (Phi) is 3.75. The Balaban J connectivity index is 1.56. The van der Waals surface area contributed by atoms with Gasteiger partial charge in [0.2, 0.25) is 5.95 Å². The Bertz CT molecular complexity index is 502. The Hall–Kier alpha value is -1.41. The molecular weight excluding hydrogens is 285 g/mol. The molecule has 0 aromatic carbocycles. The summed E-state index contributed by atoms with van der Waals surface area (Å²) in [6.45, 7) is 3.07. The Labute approximate surface area is 120 Å². The molecule has 8 heteroatoms. The van der Waals surface area contributed by atoms with Crippen molar-refractivity contribution >= 4 is 5.95 Å². The fraction of sp³-hybridized carbons (Fsp3) is 0.692. The number of anilines is 1. The lowest BCUT2D eigenvalue weighted by Gasteiger charge is -2.18. The third kappa shape index (κ3) is 3.26. The SMILES string of the molecule is FC(F)(F)c1ccnc(NCC2CC3(CCNC3)CO2)n1. The summed E-state index contributed by atoms with van der Waals surface area (Å²) >= 11 is 0. The van der Waals surface area contributed by atoms with Gasteiger partial charge in [0.1, 0.15) is 5.69 Å². The molecule has 0 amide bonds. The second-order valence-corrected chi connectivity index (χ2v) is 5.71. The van der Waals surface area contributed by atoms with Crippen LogP contribution in [0.4, 0.5) is 19.1 Å². The predicted molar refractivity (Wildman–Crippen MR) is 69.8 cm³/mol. The van der Waals surface area contributed by atoms with Crippen LogP contribution < -0.4 is 10.6 Å². The van der Waals surface area contributed by atoms with E-state index in [1.165, 1.54) is 0 Å². The van der Waals surface area contributed by atoms with E-state index in [1.807, 2.05) is 0 Å². The summed E-state index contributed by atoms with van der Waals surface area (Å²) in [4.78, 5) is 7.29. The molecule has 0 radical (unpaired) electrons. The molecule has 2 saturated heterocycles. The maximum atomic E-state index is 12.6. The van der Waals surface area contributed by atoms with Crippen LogP contribution in [0.3, 0.4) is 0 Å². The predicted octanol–water partition coefficient (Wildman–Crippen LogP) is 1.68. The first-order chi connectivity index (χ1) is 9.97. The van der Waals surface area contributed by atoms with E-state index < -0.39 is 11.9 Å². The molecule has 2 fully saturated rings. The van der Waals surface area contributed by atoms with Gasteiger partial charge in [-0.1, -0.05) is 0 Å². The molecule has 21 heavy (non-hydrogen) atoms. The molecule has 2 N–H and O–H groups in total. The summed E-state index contributed by atoms with van der Waals surface area (Å²) in [5.74, 6) is -0.0149. The first kappa shape index (κ1) is 14.5. The number of nitrogens with zero attached hydrogens (tertiary/aromatic N) is 2. The van der Waals surface area contributed by atoms with Crippen molar-refractivity contribution in [3.8, 4) is 0 Å². The fourth-order valence-corrected chi connectivity index (χ4v) is 2.93. The third-order valence-electron chi connectivity index (χ3n) is 4.05. The quantitative estimate of drug-likeness (QED) is 0.889. The van der Waals surface area contributed by atoms with Crippen LogP contribution in [0.2, 0.25) is 0 Å². The van der Waals surface area contributed by atoms with Crippen LogP contribution in [0.25, 0.3) is 0 Å². The molecule has 3 heterocycles. The molecule has 1 aromatic rings. The highest BCUT2D eigenvalue weighted by atomic mass is 19.4. The van der Waals surface area contributed by atoms with Gasteiger partial charge in [-0.3, -0.25) is 0 Å². The lowest BCUT2D eigenvalue weighted by Crippen LogP contribution is -2.25. The van der Waals surface area contributed by atoms with E-state index in [0.717, 1.165) is 38.2 Å². The van der Waals surface area contributed by atoms with E-state index in [4.69, 9.17) is 4.74 Å². The summed E-state index contributed by atoms with van der Waals surface area (Å²) in [6, 6.07) is 0.858. The highest BCUT2D eigenvalue weighted by Gasteiger charge is 2.42. The topological polar surface area (TPSA) is 59.1 Å². The van der Waals surface area contributed by atoms with Gasteiger partial charge in [-0.25, -0.2) is 9.97 Å². The van der Waals surface area contributed by atoms with Crippen LogP contribution in [-0.4, -0.2) is 42.3 Å². The molecule has 2 atom stereocenters. The highest BCUT2D eigenvalue weighted by Crippen LogP contribution is 2.37. The third-order valence-corrected chi connectivity index (χ3v) is 4.05. The van der Waals surface area contributed by atoms with Gasteiger partial charge >= 0.3 is 6.18 Å². The van der Waals surface area contributed by atoms with Gasteiger partial charge < -0.3 is 15.4 Å². The van der Waals surface area contributed by atoms with Gasteiger partial charge in [-0.05, 0) is 25.5 Å². The molecule has 2 aliphatic rings. The molecule has 2 aliphatic heterocycles. The van der Waals surface area contributed by atoms with Crippen molar-refractivity contribution in [1.29, 1.82) is 0 Å². The average Bonchev–Trinajstić information content (AvgIpc) is 3.07. The molecule has 3 rings (SSSR count). The number of aromatic nitrogens is 2. The van der Waals surface area contributed by atoms with E-state index in [9.17, 15) is 13.2 Å². The maximum Gasteiger partial charge on any atom is 0.433 e. The normalized spacial score (nSPS) is 29.2. The average molecular weight is 302 g/mol. The molecule has 0 bridgehead atoms. The number of hydrogen-bond donors (Lipinski definition) is 2. The number of alkyl halides is 3. The smallest absolute Gasteiger partial charge is 0.376 e. The monoisotopic (exact) mass is 302 g/mol. The van der Waals surface area contributed by atoms with Crippen molar-refractivity contribution in [2.24, 2.45) is 5.41 Å². The second kappa shape index (κ2) is 5.42. The van der Waals surface area contributed by atoms with Gasteiger partial charge in [-0.15, -0.1) is 0 Å². The summed E-state index contributed by atoms with van der Waals surface area (Å²) < 4.78 is 43.4. The standard InChI is InChI=1S/C13H17F3N4O/c14-13(15,16)10-1-3-18-11(20-10)19-6-9-5-12(8-21-9)2-4-17-7-12/h1,3,9,17H,2,4-8H2,(H,18,19,20). The lowest BCUT2D eigenvalue weighted by atomic mass is 9.85. The summed E-state index contributed by atoms with van der Waals surface area (Å²) in [5.41, 5.74) is -0.745. The zero-order valence-electron chi connectivity index (χ0n) is 11.4. The van der Waals surface area contributed by atoms with Crippen molar-refractivity contribution in [3.05, 3.63) is 18.0 Å². The van der Waals surface area contributed by atoms with Gasteiger partial charge in [-0.2, -0.15) is 13.2 Å². The minimum absolute atomic E-state index is 0.0111. The molecule has 0 saturated carbocycles. The van der Waals surface area contributed by atoms with Gasteiger partial charge in [0.25, 0.3) is 0 Å². The minimum Gasteiger partial charge on any atom is -0.376 e. The van der Waals surface area contributed by atoms with Crippen LogP contribution in [0.5, 0.6) is 0 Å². The van der Waals surface area contributed by atoms with Crippen LogP contribution >= 0.6 is 0 Å². The van der Waals surface area contributed by atoms with Gasteiger partial charge in [0.15, 0.2) is 0 Å². The minimum atomic E-state index is -4.46. The highest BCUT2D eigenvalue weighted by molar-refractivity contribution is 5.26. The number of nitrogens with one attached hydrogen (secondary N) is 2. The zero-order valence-corrected chi connectivity index (χ0v) is 11.4. The van der Waals surface area contributed by atoms with Crippen molar-refractivity contribution in [1.82, 2.24) is 15.3 Å². The van der Waals surface area contributed by atoms with Crippen LogP contribution in [-0.2, 0) is 10.9 Å². The Morgan fingerprint density at radius 3 is 3.05 bits per heavy atom. The van der Waals surface area contributed by atoms with Crippen LogP contribution in [0.1, 0.15) is 18.5 Å². The molecule has 1 spiro atoms. The van der Waals surface area contributed by atoms with Crippen molar-refractivity contribution in [2.75, 3.05) is 31.6 Å². The number of hydrogen-bond acceptors (Lipinski definition) is 5. The maximum absolute atomic E-state index is 12.6. The number of ether oxygens (including phenoxy) is 1. The largest absolute Gasteiger partial charge is 0.433 e. The number of rotatable bonds is 3. The molecule has 5 nitrogen and oxygen atoms in total. The molecule has 1 aromatic heterocycles. The molecular formula is C13H17F3N4O. The molecule has 0 aliphatic carbocycles. The Morgan fingerprint density at radius 2 is 2.33 bits per heavy atom. The van der Waals surface area contributed by atoms with Crippen molar-refractivity contribution < 1.29 is 17.9 Å².